The van der Waals surface area contributed by atoms with Crippen LogP contribution >= 0.6 is 0 Å². The number of benzene rings is 1. The van der Waals surface area contributed by atoms with Crippen molar-refractivity contribution in [1.29, 1.82) is 0 Å². The number of anilines is 1. The maximum Gasteiger partial charge on any atom is 0.326 e. The van der Waals surface area contributed by atoms with Crippen molar-refractivity contribution < 1.29 is 32.2 Å². The maximum atomic E-state index is 15.5. The summed E-state index contributed by atoms with van der Waals surface area (Å²) in [5.41, 5.74) is 0.0858. The number of esters is 1. The fraction of sp³-hybridized carbons (Fsp3) is 0.680. The standard InChI is InChI=1S/C25H36FN3O6S/c1-25(2,3)35-22(32)12-17-6-4-16(5-7-17)8-10-28-11-9-18-13-20(30)24(23(26)19(18)14-28)29-15-21(31)27-36(29,33)34/h13,16-17,30H,4-12,14-15H2,1-3H3,(H,27,31). The van der Waals surface area contributed by atoms with Crippen LogP contribution in [0.5, 0.6) is 5.75 Å². The highest BCUT2D eigenvalue weighted by Gasteiger charge is 2.39. The van der Waals surface area contributed by atoms with Crippen LogP contribution in [0.25, 0.3) is 0 Å². The summed E-state index contributed by atoms with van der Waals surface area (Å²) in [6, 6.07) is 1.41. The van der Waals surface area contributed by atoms with Gasteiger partial charge in [0.05, 0.1) is 0 Å². The van der Waals surface area contributed by atoms with E-state index in [9.17, 15) is 23.1 Å². The van der Waals surface area contributed by atoms with Gasteiger partial charge < -0.3 is 9.84 Å². The summed E-state index contributed by atoms with van der Waals surface area (Å²) in [7, 11) is -4.23. The van der Waals surface area contributed by atoms with Crippen LogP contribution < -0.4 is 9.03 Å². The highest BCUT2D eigenvalue weighted by molar-refractivity contribution is 7.92. The minimum Gasteiger partial charge on any atom is -0.506 e. The van der Waals surface area contributed by atoms with Crippen molar-refractivity contribution in [2.75, 3.05) is 23.9 Å². The van der Waals surface area contributed by atoms with Gasteiger partial charge in [-0.15, -0.1) is 0 Å². The van der Waals surface area contributed by atoms with Crippen LogP contribution in [0, 0.1) is 17.7 Å². The second-order valence-corrected chi connectivity index (χ2v) is 12.8. The second-order valence-electron chi connectivity index (χ2n) is 11.2. The zero-order valence-electron chi connectivity index (χ0n) is 21.2. The molecule has 2 N–H and O–H groups in total. The van der Waals surface area contributed by atoms with Crippen LogP contribution in [0.2, 0.25) is 0 Å². The Labute approximate surface area is 212 Å². The van der Waals surface area contributed by atoms with Crippen LogP contribution in [0.4, 0.5) is 10.1 Å². The van der Waals surface area contributed by atoms with Crippen molar-refractivity contribution in [3.05, 3.63) is 23.0 Å². The smallest absolute Gasteiger partial charge is 0.326 e. The number of hydrogen-bond acceptors (Lipinski definition) is 7. The molecule has 2 heterocycles. The number of rotatable bonds is 6. The van der Waals surface area contributed by atoms with Crippen molar-refractivity contribution in [2.45, 2.75) is 77.9 Å². The number of amides is 1. The fourth-order valence-electron chi connectivity index (χ4n) is 5.47. The Balaban J connectivity index is 1.32. The summed E-state index contributed by atoms with van der Waals surface area (Å²) in [6.45, 7) is 6.90. The number of aromatic hydroxyl groups is 1. The monoisotopic (exact) mass is 525 g/mol. The average Bonchev–Trinajstić information content (AvgIpc) is 3.03. The Morgan fingerprint density at radius 1 is 1.19 bits per heavy atom. The third-order valence-corrected chi connectivity index (χ3v) is 8.64. The lowest BCUT2D eigenvalue weighted by Gasteiger charge is -2.33. The van der Waals surface area contributed by atoms with Crippen LogP contribution in [0.15, 0.2) is 6.07 Å². The van der Waals surface area contributed by atoms with Gasteiger partial charge in [-0.05, 0) is 76.5 Å². The van der Waals surface area contributed by atoms with E-state index in [2.05, 4.69) is 4.90 Å². The van der Waals surface area contributed by atoms with E-state index in [1.807, 2.05) is 25.5 Å². The minimum atomic E-state index is -4.23. The molecule has 2 aliphatic heterocycles. The van der Waals surface area contributed by atoms with Gasteiger partial charge in [-0.2, -0.15) is 8.42 Å². The molecule has 36 heavy (non-hydrogen) atoms. The molecule has 1 aromatic rings. The summed E-state index contributed by atoms with van der Waals surface area (Å²) in [5.74, 6) is -1.27. The Bertz CT molecular complexity index is 1130. The van der Waals surface area contributed by atoms with E-state index < -0.39 is 45.5 Å². The molecule has 200 valence electrons. The highest BCUT2D eigenvalue weighted by Crippen LogP contribution is 2.39. The number of fused-ring (bicyclic) bond motifs is 1. The van der Waals surface area contributed by atoms with Crippen molar-refractivity contribution in [3.8, 4) is 5.75 Å². The molecule has 1 aliphatic carbocycles. The molecule has 1 amide bonds. The molecule has 11 heteroatoms. The van der Waals surface area contributed by atoms with E-state index in [0.717, 1.165) is 45.2 Å². The van der Waals surface area contributed by atoms with E-state index in [0.29, 0.717) is 46.7 Å². The number of nitrogens with one attached hydrogen (secondary N) is 1. The molecule has 1 saturated carbocycles. The largest absolute Gasteiger partial charge is 0.506 e. The number of carbonyl (C=O) groups is 2. The first kappa shape index (κ1) is 26.7. The molecular formula is C25H36FN3O6S. The molecule has 1 aromatic carbocycles. The van der Waals surface area contributed by atoms with Crippen LogP contribution in [-0.4, -0.2) is 55.5 Å². The fourth-order valence-corrected chi connectivity index (χ4v) is 6.64. The Morgan fingerprint density at radius 3 is 2.47 bits per heavy atom. The number of carbonyl (C=O) groups excluding carboxylic acids is 2. The molecule has 0 atom stereocenters. The summed E-state index contributed by atoms with van der Waals surface area (Å²) < 4.78 is 47.8. The molecule has 0 unspecified atom stereocenters. The van der Waals surface area contributed by atoms with E-state index >= 15 is 4.39 Å². The normalized spacial score (nSPS) is 24.3. The molecule has 0 aromatic heterocycles. The number of hydrogen-bond donors (Lipinski definition) is 2. The summed E-state index contributed by atoms with van der Waals surface area (Å²) in [5, 5.41) is 10.4. The summed E-state index contributed by atoms with van der Waals surface area (Å²) >= 11 is 0. The van der Waals surface area contributed by atoms with Crippen LogP contribution in [0.1, 0.15) is 70.4 Å². The topological polar surface area (TPSA) is 116 Å². The van der Waals surface area contributed by atoms with Gasteiger partial charge in [0.25, 0.3) is 5.91 Å². The molecule has 9 nitrogen and oxygen atoms in total. The van der Waals surface area contributed by atoms with Gasteiger partial charge in [-0.1, -0.05) is 12.8 Å². The number of phenols is 1. The van der Waals surface area contributed by atoms with Crippen LogP contribution in [0.3, 0.4) is 0 Å². The Kier molecular flexibility index (Phi) is 7.52. The van der Waals surface area contributed by atoms with E-state index in [-0.39, 0.29) is 5.97 Å². The predicted octanol–water partition coefficient (Wildman–Crippen LogP) is 3.00. The third-order valence-electron chi connectivity index (χ3n) is 7.26. The van der Waals surface area contributed by atoms with Crippen molar-refractivity contribution in [1.82, 2.24) is 9.62 Å². The lowest BCUT2D eigenvalue weighted by molar-refractivity contribution is -0.156. The van der Waals surface area contributed by atoms with Gasteiger partial charge in [0.15, 0.2) is 5.82 Å². The van der Waals surface area contributed by atoms with Gasteiger partial charge in [0, 0.05) is 25.1 Å². The summed E-state index contributed by atoms with van der Waals surface area (Å²) in [6.07, 6.45) is 6.10. The quantitative estimate of drug-likeness (QED) is 0.549. The number of halogens is 1. The van der Waals surface area contributed by atoms with E-state index in [4.69, 9.17) is 4.74 Å². The number of ether oxygens (including phenoxy) is 1. The molecular weight excluding hydrogens is 489 g/mol. The first-order valence-corrected chi connectivity index (χ1v) is 14.1. The lowest BCUT2D eigenvalue weighted by atomic mass is 9.79. The predicted molar refractivity (Wildman–Crippen MR) is 132 cm³/mol. The third kappa shape index (κ3) is 6.11. The van der Waals surface area contributed by atoms with Gasteiger partial charge in [0.2, 0.25) is 0 Å². The maximum absolute atomic E-state index is 15.5. The van der Waals surface area contributed by atoms with Gasteiger partial charge in [0.1, 0.15) is 23.6 Å². The van der Waals surface area contributed by atoms with Crippen molar-refractivity contribution in [2.24, 2.45) is 11.8 Å². The lowest BCUT2D eigenvalue weighted by Crippen LogP contribution is -2.35. The molecule has 0 bridgehead atoms. The van der Waals surface area contributed by atoms with Gasteiger partial charge >= 0.3 is 16.2 Å². The van der Waals surface area contributed by atoms with Gasteiger partial charge in [-0.25, -0.2) is 13.4 Å². The molecule has 1 saturated heterocycles. The summed E-state index contributed by atoms with van der Waals surface area (Å²) in [4.78, 5) is 25.9. The zero-order valence-corrected chi connectivity index (χ0v) is 22.0. The Morgan fingerprint density at radius 2 is 1.86 bits per heavy atom. The molecule has 4 rings (SSSR count). The first-order chi connectivity index (χ1) is 16.8. The number of nitrogens with zero attached hydrogens (tertiary/aromatic N) is 2. The van der Waals surface area contributed by atoms with E-state index in [1.54, 1.807) is 0 Å². The molecule has 0 spiro atoms. The SMILES string of the molecule is CC(C)(C)OC(=O)CC1CCC(CCN2CCc3cc(O)c(N4CC(=O)NS4(=O)=O)c(F)c3C2)CC1. The van der Waals surface area contributed by atoms with E-state index in [1.165, 1.54) is 6.07 Å². The highest BCUT2D eigenvalue weighted by atomic mass is 32.2. The zero-order chi connectivity index (χ0) is 26.3. The van der Waals surface area contributed by atoms with Gasteiger partial charge in [-0.3, -0.25) is 14.5 Å². The molecule has 0 radical (unpaired) electrons. The average molecular weight is 526 g/mol. The Hall–Kier alpha value is -2.40. The second kappa shape index (κ2) is 10.2. The molecule has 2 fully saturated rings. The first-order valence-electron chi connectivity index (χ1n) is 12.6. The van der Waals surface area contributed by atoms with Crippen LogP contribution in [-0.2, 0) is 37.5 Å². The molecule has 3 aliphatic rings. The van der Waals surface area contributed by atoms with Crippen molar-refractivity contribution in [3.63, 3.8) is 0 Å². The van der Waals surface area contributed by atoms with Crippen molar-refractivity contribution >= 4 is 27.8 Å². The minimum absolute atomic E-state index is 0.132. The number of phenolic OH excluding ortho intramolecular Hbond substituents is 1.